The van der Waals surface area contributed by atoms with Crippen LogP contribution in [-0.2, 0) is 25.7 Å². The van der Waals surface area contributed by atoms with Crippen molar-refractivity contribution in [3.8, 4) is 0 Å². The lowest BCUT2D eigenvalue weighted by Gasteiger charge is -2.10. The molecule has 110 valence electrons. The summed E-state index contributed by atoms with van der Waals surface area (Å²) in [4.78, 5) is 18.3. The summed E-state index contributed by atoms with van der Waals surface area (Å²) in [5.74, 6) is -0.125. The number of fused-ring (bicyclic) bond motifs is 2. The van der Waals surface area contributed by atoms with Gasteiger partial charge in [0.2, 0.25) is 0 Å². The van der Waals surface area contributed by atoms with Crippen LogP contribution in [0.2, 0.25) is 0 Å². The summed E-state index contributed by atoms with van der Waals surface area (Å²) in [7, 11) is 0. The van der Waals surface area contributed by atoms with E-state index >= 15 is 0 Å². The summed E-state index contributed by atoms with van der Waals surface area (Å²) in [5.41, 5.74) is 3.95. The number of thiazole rings is 1. The zero-order valence-corrected chi connectivity index (χ0v) is 12.7. The van der Waals surface area contributed by atoms with Crippen LogP contribution in [-0.4, -0.2) is 21.1 Å². The Morgan fingerprint density at radius 1 is 1.10 bits per heavy atom. The predicted molar refractivity (Wildman–Crippen MR) is 81.9 cm³/mol. The number of hydrogen-bond acceptors (Lipinski definition) is 4. The molecule has 21 heavy (non-hydrogen) atoms. The van der Waals surface area contributed by atoms with E-state index in [9.17, 15) is 4.79 Å². The maximum absolute atomic E-state index is 12.4. The van der Waals surface area contributed by atoms with Crippen LogP contribution in [0.5, 0.6) is 0 Å². The topological polar surface area (TPSA) is 70.7 Å². The lowest BCUT2D eigenvalue weighted by molar-refractivity contribution is 0.102. The Balaban J connectivity index is 1.55. The molecule has 0 bridgehead atoms. The van der Waals surface area contributed by atoms with Crippen molar-refractivity contribution in [2.45, 2.75) is 51.4 Å². The predicted octanol–water partition coefficient (Wildman–Crippen LogP) is 2.88. The van der Waals surface area contributed by atoms with Gasteiger partial charge >= 0.3 is 0 Å². The molecule has 2 aliphatic carbocycles. The second kappa shape index (κ2) is 5.26. The minimum atomic E-state index is -0.125. The van der Waals surface area contributed by atoms with Crippen molar-refractivity contribution in [2.24, 2.45) is 0 Å². The van der Waals surface area contributed by atoms with Crippen molar-refractivity contribution in [1.29, 1.82) is 0 Å². The molecule has 0 fully saturated rings. The molecule has 0 radical (unpaired) electrons. The molecule has 0 unspecified atom stereocenters. The average molecular weight is 302 g/mol. The van der Waals surface area contributed by atoms with E-state index in [0.717, 1.165) is 48.5 Å². The van der Waals surface area contributed by atoms with E-state index in [-0.39, 0.29) is 5.91 Å². The number of aromatic nitrogens is 3. The van der Waals surface area contributed by atoms with Gasteiger partial charge in [0.05, 0.1) is 5.69 Å². The molecule has 1 amide bonds. The van der Waals surface area contributed by atoms with Gasteiger partial charge in [-0.05, 0) is 51.4 Å². The molecule has 2 heterocycles. The molecule has 2 aromatic rings. The number of H-pyrrole nitrogens is 1. The molecule has 5 nitrogen and oxygen atoms in total. The molecular weight excluding hydrogens is 284 g/mol. The van der Waals surface area contributed by atoms with Crippen LogP contribution in [0.3, 0.4) is 0 Å². The summed E-state index contributed by atoms with van der Waals surface area (Å²) in [5, 5.41) is 10.9. The van der Waals surface area contributed by atoms with Crippen molar-refractivity contribution in [2.75, 3.05) is 5.32 Å². The van der Waals surface area contributed by atoms with Crippen LogP contribution < -0.4 is 5.32 Å². The zero-order valence-electron chi connectivity index (χ0n) is 11.9. The fourth-order valence-electron chi connectivity index (χ4n) is 3.23. The minimum absolute atomic E-state index is 0.125. The number of nitrogens with zero attached hydrogens (tertiary/aromatic N) is 2. The Bertz CT molecular complexity index is 664. The fraction of sp³-hybridized carbons (Fsp3) is 0.533. The van der Waals surface area contributed by atoms with Gasteiger partial charge < -0.3 is 0 Å². The van der Waals surface area contributed by atoms with Gasteiger partial charge in [-0.3, -0.25) is 15.2 Å². The number of carbonyl (C=O) groups is 1. The highest BCUT2D eigenvalue weighted by molar-refractivity contribution is 7.15. The second-order valence-corrected chi connectivity index (χ2v) is 6.87. The Labute approximate surface area is 127 Å². The van der Waals surface area contributed by atoms with Gasteiger partial charge in [-0.2, -0.15) is 5.10 Å². The first-order valence-electron chi connectivity index (χ1n) is 7.67. The monoisotopic (exact) mass is 302 g/mol. The van der Waals surface area contributed by atoms with Gasteiger partial charge in [-0.15, -0.1) is 11.3 Å². The van der Waals surface area contributed by atoms with Crippen LogP contribution in [0.1, 0.15) is 58.0 Å². The van der Waals surface area contributed by atoms with Crippen LogP contribution in [0.15, 0.2) is 0 Å². The smallest absolute Gasteiger partial charge is 0.278 e. The van der Waals surface area contributed by atoms with Crippen molar-refractivity contribution >= 4 is 22.4 Å². The number of anilines is 1. The average Bonchev–Trinajstić information content (AvgIpc) is 3.10. The number of amides is 1. The number of aromatic amines is 1. The van der Waals surface area contributed by atoms with Crippen molar-refractivity contribution in [1.82, 2.24) is 15.2 Å². The molecule has 2 aliphatic rings. The highest BCUT2D eigenvalue weighted by atomic mass is 32.1. The molecule has 2 aromatic heterocycles. The Kier molecular flexibility index (Phi) is 3.25. The van der Waals surface area contributed by atoms with E-state index in [2.05, 4.69) is 20.5 Å². The summed E-state index contributed by atoms with van der Waals surface area (Å²) >= 11 is 1.62. The standard InChI is InChI=1S/C15H18N4OS/c20-14(13-9-5-1-2-6-10(9)18-19-13)17-15-16-11-7-3-4-8-12(11)21-15/h1-8H2,(H,18,19)(H,16,17,20). The van der Waals surface area contributed by atoms with Crippen molar-refractivity contribution in [3.05, 3.63) is 27.5 Å². The zero-order chi connectivity index (χ0) is 14.2. The molecular formula is C15H18N4OS. The molecule has 4 rings (SSSR count). The SMILES string of the molecule is O=C(Nc1nc2c(s1)CCCC2)c1n[nH]c2c1CCCC2. The third kappa shape index (κ3) is 2.37. The van der Waals surface area contributed by atoms with Crippen LogP contribution in [0.25, 0.3) is 0 Å². The van der Waals surface area contributed by atoms with Gasteiger partial charge in [0.1, 0.15) is 0 Å². The first-order chi connectivity index (χ1) is 10.3. The van der Waals surface area contributed by atoms with Crippen LogP contribution in [0, 0.1) is 0 Å². The Morgan fingerprint density at radius 2 is 1.90 bits per heavy atom. The van der Waals surface area contributed by atoms with Crippen LogP contribution >= 0.6 is 11.3 Å². The van der Waals surface area contributed by atoms with Gasteiger partial charge in [0, 0.05) is 16.1 Å². The normalized spacial score (nSPS) is 17.1. The maximum Gasteiger partial charge on any atom is 0.278 e. The van der Waals surface area contributed by atoms with E-state index in [4.69, 9.17) is 0 Å². The first kappa shape index (κ1) is 13.0. The Hall–Kier alpha value is -1.69. The van der Waals surface area contributed by atoms with Crippen molar-refractivity contribution < 1.29 is 4.79 Å². The van der Waals surface area contributed by atoms with Gasteiger partial charge in [0.25, 0.3) is 5.91 Å². The Morgan fingerprint density at radius 3 is 2.81 bits per heavy atom. The van der Waals surface area contributed by atoms with E-state index in [0.29, 0.717) is 5.69 Å². The molecule has 0 saturated carbocycles. The van der Waals surface area contributed by atoms with E-state index in [1.807, 2.05) is 0 Å². The van der Waals surface area contributed by atoms with E-state index in [1.165, 1.54) is 29.8 Å². The highest BCUT2D eigenvalue weighted by Crippen LogP contribution is 2.30. The lowest BCUT2D eigenvalue weighted by Crippen LogP contribution is -2.15. The second-order valence-electron chi connectivity index (χ2n) is 5.79. The number of hydrogen-bond donors (Lipinski definition) is 2. The molecule has 0 spiro atoms. The quantitative estimate of drug-likeness (QED) is 0.896. The molecule has 0 saturated heterocycles. The third-order valence-electron chi connectivity index (χ3n) is 4.34. The summed E-state index contributed by atoms with van der Waals surface area (Å²) in [6, 6.07) is 0. The number of aryl methyl sites for hydroxylation is 3. The summed E-state index contributed by atoms with van der Waals surface area (Å²) in [6.45, 7) is 0. The van der Waals surface area contributed by atoms with E-state index in [1.54, 1.807) is 11.3 Å². The molecule has 0 aromatic carbocycles. The molecule has 0 aliphatic heterocycles. The third-order valence-corrected chi connectivity index (χ3v) is 5.41. The lowest BCUT2D eigenvalue weighted by atomic mass is 9.96. The minimum Gasteiger partial charge on any atom is -0.296 e. The van der Waals surface area contributed by atoms with Crippen LogP contribution in [0.4, 0.5) is 5.13 Å². The molecule has 6 heteroatoms. The van der Waals surface area contributed by atoms with Gasteiger partial charge in [0.15, 0.2) is 10.8 Å². The number of nitrogens with one attached hydrogen (secondary N) is 2. The first-order valence-corrected chi connectivity index (χ1v) is 8.49. The molecule has 0 atom stereocenters. The number of carbonyl (C=O) groups excluding carboxylic acids is 1. The van der Waals surface area contributed by atoms with E-state index < -0.39 is 0 Å². The maximum atomic E-state index is 12.4. The molecule has 2 N–H and O–H groups in total. The summed E-state index contributed by atoms with van der Waals surface area (Å²) in [6.07, 6.45) is 8.84. The largest absolute Gasteiger partial charge is 0.296 e. The number of rotatable bonds is 2. The van der Waals surface area contributed by atoms with Crippen molar-refractivity contribution in [3.63, 3.8) is 0 Å². The highest BCUT2D eigenvalue weighted by Gasteiger charge is 2.23. The summed E-state index contributed by atoms with van der Waals surface area (Å²) < 4.78 is 0. The van der Waals surface area contributed by atoms with Gasteiger partial charge in [-0.25, -0.2) is 4.98 Å². The van der Waals surface area contributed by atoms with Gasteiger partial charge in [-0.1, -0.05) is 0 Å². The fourth-order valence-corrected chi connectivity index (χ4v) is 4.28.